The van der Waals surface area contributed by atoms with Crippen LogP contribution < -0.4 is 0 Å². The summed E-state index contributed by atoms with van der Waals surface area (Å²) in [5, 5.41) is 9.10. The molecular formula is C40H70N2O4SSi2. The van der Waals surface area contributed by atoms with Crippen LogP contribution in [0.3, 0.4) is 0 Å². The molecule has 1 saturated carbocycles. The van der Waals surface area contributed by atoms with Crippen LogP contribution in [-0.4, -0.2) is 67.0 Å². The molecule has 278 valence electrons. The van der Waals surface area contributed by atoms with E-state index in [9.17, 15) is 0 Å². The second-order valence-electron chi connectivity index (χ2n) is 17.5. The van der Waals surface area contributed by atoms with E-state index in [1.807, 2.05) is 32.3 Å². The van der Waals surface area contributed by atoms with E-state index in [-0.39, 0.29) is 28.3 Å². The van der Waals surface area contributed by atoms with E-state index in [1.54, 1.807) is 12.1 Å². The van der Waals surface area contributed by atoms with Crippen LogP contribution in [0.25, 0.3) is 0 Å². The summed E-state index contributed by atoms with van der Waals surface area (Å²) in [6, 6.07) is 11.0. The number of unbranched alkanes of at least 4 members (excludes halogenated alkanes) is 4. The number of hydrogen-bond donors (Lipinski definition) is 0. The maximum Gasteiger partial charge on any atom is 0.192 e. The van der Waals surface area contributed by atoms with E-state index in [4.69, 9.17) is 14.1 Å². The number of hydrogen-bond acceptors (Lipinski definition) is 6. The van der Waals surface area contributed by atoms with Crippen molar-refractivity contribution in [3.63, 3.8) is 0 Å². The lowest BCUT2D eigenvalue weighted by molar-refractivity contribution is 0.149. The molecule has 5 atom stereocenters. The lowest BCUT2D eigenvalue weighted by atomic mass is 9.86. The van der Waals surface area contributed by atoms with E-state index >= 15 is 8.42 Å². The van der Waals surface area contributed by atoms with Gasteiger partial charge in [-0.1, -0.05) is 110 Å². The first-order valence-electron chi connectivity index (χ1n) is 18.6. The fourth-order valence-electron chi connectivity index (χ4n) is 6.55. The molecule has 1 aromatic carbocycles. The maximum absolute atomic E-state index is 15.4. The lowest BCUT2D eigenvalue weighted by Crippen LogP contribution is -2.55. The van der Waals surface area contributed by atoms with Gasteiger partial charge in [-0.25, -0.2) is 8.42 Å². The normalized spacial score (nSPS) is 23.5. The Morgan fingerprint density at radius 3 is 2.12 bits per heavy atom. The molecule has 0 spiro atoms. The smallest absolute Gasteiger partial charge is 0.192 e. The Bertz CT molecular complexity index is 1370. The van der Waals surface area contributed by atoms with Crippen LogP contribution in [0.5, 0.6) is 0 Å². The van der Waals surface area contributed by atoms with Gasteiger partial charge in [-0.05, 0) is 94.6 Å². The van der Waals surface area contributed by atoms with E-state index in [0.29, 0.717) is 24.2 Å². The standard InChI is InChI=1S/C40H70N2O4SSi2/c1-14-15-20-25-33(45-48(10,11)38(2,3)4)28-29-35-36(46-49(12,13)39(5,6)7)32-37(42(8)9)40(35,30-23-17-16-18-24-31-41)47(43,44)34-26-21-19-22-27-34/h17,19,21-23,26-29,33,35-37H,14-16,18,20,24-25,30,32H2,1-13H3/b23-17-,29-28-/t33-,35-,36-,37+,40-/m1/s1. The van der Waals surface area contributed by atoms with Crippen LogP contribution in [0.15, 0.2) is 59.5 Å². The van der Waals surface area contributed by atoms with Gasteiger partial charge in [-0.3, -0.25) is 0 Å². The quantitative estimate of drug-likeness (QED) is 0.0850. The molecule has 2 rings (SSSR count). The van der Waals surface area contributed by atoms with Gasteiger partial charge < -0.3 is 13.8 Å². The second-order valence-corrected chi connectivity index (χ2v) is 29.2. The molecule has 0 radical (unpaired) electrons. The Balaban J connectivity index is 2.90. The molecule has 0 heterocycles. The first-order valence-corrected chi connectivity index (χ1v) is 25.9. The van der Waals surface area contributed by atoms with E-state index in [1.165, 1.54) is 0 Å². The van der Waals surface area contributed by atoms with Crippen LogP contribution in [-0.2, 0) is 18.7 Å². The number of benzene rings is 1. The van der Waals surface area contributed by atoms with Gasteiger partial charge in [0, 0.05) is 18.4 Å². The summed E-state index contributed by atoms with van der Waals surface area (Å²) in [5.41, 5.74) is 0. The zero-order chi connectivity index (χ0) is 37.3. The molecule has 49 heavy (non-hydrogen) atoms. The SMILES string of the molecule is CCCCC[C@H](/C=C\[C@@H]1[C@H](O[Si](C)(C)C(C)(C)C)C[C@H](N(C)C)[C@]1(C/C=C\CCCC#N)S(=O)(=O)c1ccccc1)O[Si](C)(C)C(C)(C)C. The molecule has 1 aliphatic carbocycles. The van der Waals surface area contributed by atoms with Gasteiger partial charge in [0.2, 0.25) is 0 Å². The summed E-state index contributed by atoms with van der Waals surface area (Å²) in [4.78, 5) is 2.47. The van der Waals surface area contributed by atoms with Crippen molar-refractivity contribution in [3.8, 4) is 6.07 Å². The minimum atomic E-state index is -3.89. The average molecular weight is 731 g/mol. The highest BCUT2D eigenvalue weighted by atomic mass is 32.2. The molecule has 9 heteroatoms. The fraction of sp³-hybridized carbons (Fsp3) is 0.725. The number of rotatable bonds is 18. The topological polar surface area (TPSA) is 79.6 Å². The van der Waals surface area contributed by atoms with Crippen molar-refractivity contribution in [3.05, 3.63) is 54.6 Å². The predicted octanol–water partition coefficient (Wildman–Crippen LogP) is 10.7. The van der Waals surface area contributed by atoms with Gasteiger partial charge in [0.1, 0.15) is 4.75 Å². The van der Waals surface area contributed by atoms with Gasteiger partial charge in [-0.15, -0.1) is 0 Å². The molecule has 1 fully saturated rings. The molecule has 6 nitrogen and oxygen atoms in total. The Kier molecular flexibility index (Phi) is 15.8. The highest BCUT2D eigenvalue weighted by molar-refractivity contribution is 7.93. The van der Waals surface area contributed by atoms with Crippen LogP contribution in [0.4, 0.5) is 0 Å². The molecule has 0 aromatic heterocycles. The highest BCUT2D eigenvalue weighted by Crippen LogP contribution is 2.53. The molecule has 1 aromatic rings. The minimum absolute atomic E-state index is 0.0345. The van der Waals surface area contributed by atoms with Crippen LogP contribution in [0.1, 0.15) is 106 Å². The Hall–Kier alpha value is -1.55. The van der Waals surface area contributed by atoms with Crippen molar-refractivity contribution in [2.75, 3.05) is 14.1 Å². The van der Waals surface area contributed by atoms with Gasteiger partial charge >= 0.3 is 0 Å². The third-order valence-corrected chi connectivity index (χ3v) is 23.2. The van der Waals surface area contributed by atoms with Crippen molar-refractivity contribution in [1.82, 2.24) is 4.90 Å². The molecule has 0 amide bonds. The summed E-state index contributed by atoms with van der Waals surface area (Å²) in [6.45, 7) is 24.9. The van der Waals surface area contributed by atoms with Crippen LogP contribution in [0.2, 0.25) is 36.3 Å². The molecular weight excluding hydrogens is 661 g/mol. The van der Waals surface area contributed by atoms with E-state index in [0.717, 1.165) is 38.5 Å². The molecule has 0 aliphatic heterocycles. The molecule has 0 unspecified atom stereocenters. The summed E-state index contributed by atoms with van der Waals surface area (Å²) >= 11 is 0. The van der Waals surface area contributed by atoms with Gasteiger partial charge in [0.15, 0.2) is 26.5 Å². The Morgan fingerprint density at radius 2 is 1.59 bits per heavy atom. The number of sulfone groups is 1. The monoisotopic (exact) mass is 730 g/mol. The third kappa shape index (κ3) is 10.7. The minimum Gasteiger partial charge on any atom is -0.413 e. The first-order chi connectivity index (χ1) is 22.6. The highest BCUT2D eigenvalue weighted by Gasteiger charge is 2.63. The Labute approximate surface area is 303 Å². The average Bonchev–Trinajstić information content (AvgIpc) is 3.30. The van der Waals surface area contributed by atoms with Crippen molar-refractivity contribution in [2.24, 2.45) is 5.92 Å². The maximum atomic E-state index is 15.4. The zero-order valence-corrected chi connectivity index (χ0v) is 36.1. The summed E-state index contributed by atoms with van der Waals surface area (Å²) in [7, 11) is -4.27. The predicted molar refractivity (Wildman–Crippen MR) is 213 cm³/mol. The second kappa shape index (κ2) is 17.8. The molecule has 0 saturated heterocycles. The lowest BCUT2D eigenvalue weighted by Gasteiger charge is -2.43. The van der Waals surface area contributed by atoms with Crippen molar-refractivity contribution >= 4 is 26.5 Å². The van der Waals surface area contributed by atoms with Crippen molar-refractivity contribution in [1.29, 1.82) is 5.26 Å². The fourth-order valence-corrected chi connectivity index (χ4v) is 11.7. The first kappa shape index (κ1) is 43.6. The number of nitrogens with zero attached hydrogens (tertiary/aromatic N) is 2. The number of nitriles is 1. The zero-order valence-electron chi connectivity index (χ0n) is 33.3. The van der Waals surface area contributed by atoms with E-state index < -0.39 is 37.1 Å². The Morgan fingerprint density at radius 1 is 0.980 bits per heavy atom. The summed E-state index contributed by atoms with van der Waals surface area (Å²) in [6.07, 6.45) is 15.4. The summed E-state index contributed by atoms with van der Waals surface area (Å²) in [5.74, 6) is -0.403. The van der Waals surface area contributed by atoms with Gasteiger partial charge in [0.05, 0.1) is 23.2 Å². The summed E-state index contributed by atoms with van der Waals surface area (Å²) < 4.78 is 43.9. The van der Waals surface area contributed by atoms with Crippen molar-refractivity contribution in [2.45, 2.75) is 170 Å². The van der Waals surface area contributed by atoms with Crippen LogP contribution >= 0.6 is 0 Å². The van der Waals surface area contributed by atoms with Gasteiger partial charge in [0.25, 0.3) is 0 Å². The third-order valence-electron chi connectivity index (χ3n) is 11.6. The molecule has 0 N–H and O–H groups in total. The van der Waals surface area contributed by atoms with Crippen molar-refractivity contribution < 1.29 is 17.3 Å². The van der Waals surface area contributed by atoms with Gasteiger partial charge in [-0.2, -0.15) is 5.26 Å². The molecule has 0 bridgehead atoms. The molecule has 1 aliphatic rings. The largest absolute Gasteiger partial charge is 0.413 e. The van der Waals surface area contributed by atoms with E-state index in [2.05, 4.69) is 110 Å². The van der Waals surface area contributed by atoms with Crippen LogP contribution in [0, 0.1) is 17.2 Å². The number of allylic oxidation sites excluding steroid dienone is 2.